The molecule has 0 saturated heterocycles. The molecule has 1 aliphatic rings. The van der Waals surface area contributed by atoms with Crippen LogP contribution in [0.2, 0.25) is 0 Å². The third-order valence-electron chi connectivity index (χ3n) is 4.92. The van der Waals surface area contributed by atoms with Crippen LogP contribution in [0.1, 0.15) is 6.92 Å². The minimum absolute atomic E-state index is 0.384. The van der Waals surface area contributed by atoms with Crippen molar-refractivity contribution in [2.45, 2.75) is 12.2 Å². The van der Waals surface area contributed by atoms with Crippen LogP contribution in [0.25, 0.3) is 21.9 Å². The van der Waals surface area contributed by atoms with Crippen LogP contribution in [0.5, 0.6) is 0 Å². The average molecular weight is 371 g/mol. The number of anilines is 1. The van der Waals surface area contributed by atoms with Crippen LogP contribution in [0.15, 0.2) is 97.1 Å². The van der Waals surface area contributed by atoms with Crippen molar-refractivity contribution in [3.8, 4) is 11.1 Å². The highest BCUT2D eigenvalue weighted by Gasteiger charge is 2.19. The summed E-state index contributed by atoms with van der Waals surface area (Å²) in [5.74, 6) is 0. The monoisotopic (exact) mass is 370 g/mol. The molecule has 0 aliphatic carbocycles. The molecule has 134 valence electrons. The zero-order valence-corrected chi connectivity index (χ0v) is 16.4. The van der Waals surface area contributed by atoms with Gasteiger partial charge in [-0.2, -0.15) is 11.8 Å². The number of thioether (sulfide) groups is 1. The van der Waals surface area contributed by atoms with Gasteiger partial charge in [0.15, 0.2) is 0 Å². The quantitative estimate of drug-likeness (QED) is 0.526. The Labute approximate surface area is 164 Å². The predicted octanol–water partition coefficient (Wildman–Crippen LogP) is 6.43. The van der Waals surface area contributed by atoms with E-state index in [9.17, 15) is 0 Å². The van der Waals surface area contributed by atoms with Gasteiger partial charge in [-0.05, 0) is 54.0 Å². The highest BCUT2D eigenvalue weighted by Crippen LogP contribution is 2.34. The summed E-state index contributed by atoms with van der Waals surface area (Å²) < 4.78 is 0. The third-order valence-corrected chi connectivity index (χ3v) is 5.87. The summed E-state index contributed by atoms with van der Waals surface area (Å²) in [7, 11) is 0. The minimum atomic E-state index is 0.384. The van der Waals surface area contributed by atoms with E-state index in [0.717, 1.165) is 22.2 Å². The van der Waals surface area contributed by atoms with Crippen molar-refractivity contribution in [1.29, 1.82) is 0 Å². The molecule has 2 aromatic carbocycles. The lowest BCUT2D eigenvalue weighted by Crippen LogP contribution is -2.24. The van der Waals surface area contributed by atoms with Crippen LogP contribution in [0.4, 0.5) is 5.69 Å². The summed E-state index contributed by atoms with van der Waals surface area (Å²) in [5.41, 5.74) is 5.77. The van der Waals surface area contributed by atoms with Crippen molar-refractivity contribution in [2.75, 3.05) is 11.2 Å². The number of rotatable bonds is 4. The second-order valence-electron chi connectivity index (χ2n) is 6.67. The molecule has 0 fully saturated rings. The van der Waals surface area contributed by atoms with Crippen LogP contribution in [0.3, 0.4) is 0 Å². The van der Waals surface area contributed by atoms with Crippen molar-refractivity contribution < 1.29 is 0 Å². The maximum atomic E-state index is 4.44. The topological polar surface area (TPSA) is 16.1 Å². The number of aromatic nitrogens is 1. The van der Waals surface area contributed by atoms with Gasteiger partial charge in [0.05, 0.1) is 0 Å². The molecule has 0 N–H and O–H groups in total. The zero-order valence-electron chi connectivity index (χ0n) is 15.6. The molecule has 0 radical (unpaired) electrons. The normalized spacial score (nSPS) is 15.1. The predicted molar refractivity (Wildman–Crippen MR) is 119 cm³/mol. The maximum Gasteiger partial charge on any atom is 0.0458 e. The summed E-state index contributed by atoms with van der Waals surface area (Å²) in [4.78, 5) is 6.71. The second-order valence-corrected chi connectivity index (χ2v) is 7.84. The Morgan fingerprint density at radius 3 is 2.78 bits per heavy atom. The summed E-state index contributed by atoms with van der Waals surface area (Å²) in [6.07, 6.45) is 12.4. The molecule has 2 nitrogen and oxygen atoms in total. The first-order chi connectivity index (χ1) is 13.2. The van der Waals surface area contributed by atoms with Crippen molar-refractivity contribution in [3.63, 3.8) is 0 Å². The fraction of sp³-hybridized carbons (Fsp3) is 0.125. The molecule has 0 amide bonds. The van der Waals surface area contributed by atoms with Gasteiger partial charge in [0.25, 0.3) is 0 Å². The van der Waals surface area contributed by atoms with Crippen molar-refractivity contribution in [3.05, 3.63) is 97.1 Å². The van der Waals surface area contributed by atoms with E-state index in [1.165, 1.54) is 16.6 Å². The van der Waals surface area contributed by atoms with Gasteiger partial charge in [0.2, 0.25) is 0 Å². The lowest BCUT2D eigenvalue weighted by atomic mass is 10.00. The summed E-state index contributed by atoms with van der Waals surface area (Å²) >= 11 is 1.84. The Hall–Kier alpha value is -2.78. The molecule has 3 heteroatoms. The van der Waals surface area contributed by atoms with Crippen LogP contribution in [-0.4, -0.2) is 16.5 Å². The standard InChI is InChI=1S/C24H22N2S/c1-17-11-12-26(24(13-17)18(2)27-3)21-9-6-8-19(14-21)23-16-25-15-20-7-4-5-10-22(20)23/h4-16,18H,1H2,2-3H3. The summed E-state index contributed by atoms with van der Waals surface area (Å²) in [6.45, 7) is 6.33. The Balaban J connectivity index is 1.80. The average Bonchev–Trinajstić information content (AvgIpc) is 2.72. The van der Waals surface area contributed by atoms with E-state index in [4.69, 9.17) is 0 Å². The highest BCUT2D eigenvalue weighted by atomic mass is 32.2. The van der Waals surface area contributed by atoms with E-state index in [1.807, 2.05) is 24.2 Å². The number of allylic oxidation sites excluding steroid dienone is 3. The molecule has 0 spiro atoms. The van der Waals surface area contributed by atoms with Gasteiger partial charge in [0, 0.05) is 46.2 Å². The van der Waals surface area contributed by atoms with Gasteiger partial charge < -0.3 is 4.90 Å². The van der Waals surface area contributed by atoms with Crippen LogP contribution >= 0.6 is 11.8 Å². The first-order valence-corrected chi connectivity index (χ1v) is 10.3. The van der Waals surface area contributed by atoms with Crippen molar-refractivity contribution in [2.24, 2.45) is 0 Å². The first kappa shape index (κ1) is 17.6. The molecular weight excluding hydrogens is 348 g/mol. The van der Waals surface area contributed by atoms with E-state index < -0.39 is 0 Å². The van der Waals surface area contributed by atoms with Gasteiger partial charge >= 0.3 is 0 Å². The lowest BCUT2D eigenvalue weighted by Gasteiger charge is -2.30. The van der Waals surface area contributed by atoms with Crippen molar-refractivity contribution in [1.82, 2.24) is 4.98 Å². The molecule has 2 heterocycles. The van der Waals surface area contributed by atoms with Gasteiger partial charge in [-0.3, -0.25) is 4.98 Å². The molecule has 3 aromatic rings. The molecule has 1 aromatic heterocycles. The summed E-state index contributed by atoms with van der Waals surface area (Å²) in [5, 5.41) is 2.77. The molecule has 27 heavy (non-hydrogen) atoms. The molecule has 0 saturated carbocycles. The van der Waals surface area contributed by atoms with Gasteiger partial charge in [-0.1, -0.05) is 43.0 Å². The van der Waals surface area contributed by atoms with E-state index >= 15 is 0 Å². The van der Waals surface area contributed by atoms with Crippen LogP contribution in [-0.2, 0) is 0 Å². The molecule has 1 atom stereocenters. The molecule has 1 aliphatic heterocycles. The number of nitrogens with zero attached hydrogens (tertiary/aromatic N) is 2. The third kappa shape index (κ3) is 3.43. The zero-order chi connectivity index (χ0) is 18.8. The number of hydrogen-bond acceptors (Lipinski definition) is 3. The fourth-order valence-electron chi connectivity index (χ4n) is 3.40. The number of benzene rings is 2. The Bertz CT molecular complexity index is 1060. The van der Waals surface area contributed by atoms with E-state index in [1.54, 1.807) is 0 Å². The molecule has 4 rings (SSSR count). The minimum Gasteiger partial charge on any atom is -0.320 e. The van der Waals surface area contributed by atoms with Gasteiger partial charge in [-0.25, -0.2) is 0 Å². The Morgan fingerprint density at radius 1 is 1.07 bits per heavy atom. The first-order valence-electron chi connectivity index (χ1n) is 9.01. The van der Waals surface area contributed by atoms with E-state index in [0.29, 0.717) is 5.25 Å². The largest absolute Gasteiger partial charge is 0.320 e. The number of hydrogen-bond donors (Lipinski definition) is 0. The molecule has 0 bridgehead atoms. The number of pyridine rings is 1. The Morgan fingerprint density at radius 2 is 1.93 bits per heavy atom. The van der Waals surface area contributed by atoms with Crippen LogP contribution in [0, 0.1) is 0 Å². The number of fused-ring (bicyclic) bond motifs is 1. The van der Waals surface area contributed by atoms with Crippen molar-refractivity contribution >= 4 is 28.2 Å². The highest BCUT2D eigenvalue weighted by molar-refractivity contribution is 7.99. The van der Waals surface area contributed by atoms with Crippen LogP contribution < -0.4 is 4.90 Å². The molecule has 1 unspecified atom stereocenters. The van der Waals surface area contributed by atoms with E-state index in [2.05, 4.69) is 96.5 Å². The SMILES string of the molecule is C=C1C=CN(c2cccc(-c3cncc4ccccc34)c2)C(C(C)SC)=C1. The maximum absolute atomic E-state index is 4.44. The van der Waals surface area contributed by atoms with Gasteiger partial charge in [0.1, 0.15) is 0 Å². The van der Waals surface area contributed by atoms with E-state index in [-0.39, 0.29) is 0 Å². The van der Waals surface area contributed by atoms with Gasteiger partial charge in [-0.15, -0.1) is 0 Å². The lowest BCUT2D eigenvalue weighted by molar-refractivity contribution is 1.01. The smallest absolute Gasteiger partial charge is 0.0458 e. The summed E-state index contributed by atoms with van der Waals surface area (Å²) in [6, 6.07) is 17.1. The Kier molecular flexibility index (Phi) is 4.87. The fourth-order valence-corrected chi connectivity index (χ4v) is 3.83. The second kappa shape index (κ2) is 7.45. The molecular formula is C24H22N2S.